The monoisotopic (exact) mass is 320 g/mol. The molecule has 1 aromatic heterocycles. The highest BCUT2D eigenvalue weighted by Crippen LogP contribution is 2.50. The van der Waals surface area contributed by atoms with Gasteiger partial charge in [-0.25, -0.2) is 0 Å². The third kappa shape index (κ3) is 2.03. The minimum absolute atomic E-state index is 0.296. The Labute approximate surface area is 134 Å². The maximum atomic E-state index is 12.6. The highest BCUT2D eigenvalue weighted by Gasteiger charge is 2.68. The fourth-order valence-electron chi connectivity index (χ4n) is 3.95. The normalized spacial score (nSPS) is 33.2. The molecule has 2 fully saturated rings. The SMILES string of the molecule is CCC[C@]1(C(=O)OC)N[C@H](c2ccco2)[C@@H]2C(=O)N(C)C(=O)[C@H]21. The molecule has 1 aromatic rings. The first-order chi connectivity index (χ1) is 11.0. The summed E-state index contributed by atoms with van der Waals surface area (Å²) in [5.74, 6) is -2.05. The first-order valence-corrected chi connectivity index (χ1v) is 7.69. The van der Waals surface area contributed by atoms with Gasteiger partial charge in [-0.2, -0.15) is 0 Å². The van der Waals surface area contributed by atoms with E-state index in [2.05, 4.69) is 5.32 Å². The maximum Gasteiger partial charge on any atom is 0.326 e. The van der Waals surface area contributed by atoms with Gasteiger partial charge in [-0.1, -0.05) is 13.3 Å². The van der Waals surface area contributed by atoms with Gasteiger partial charge in [0.05, 0.1) is 31.3 Å². The number of ether oxygens (including phenoxy) is 1. The van der Waals surface area contributed by atoms with Crippen molar-refractivity contribution >= 4 is 17.8 Å². The third-order valence-corrected chi connectivity index (χ3v) is 4.92. The standard InChI is InChI=1S/C16H20N2O5/c1-4-7-16(15(21)22-3)11-10(13(19)18(2)14(11)20)12(17-16)9-6-5-8-23-9/h5-6,8,10-12,17H,4,7H2,1-3H3/t10-,11+,12-,16+/m1/s1. The topological polar surface area (TPSA) is 88.8 Å². The van der Waals surface area contributed by atoms with Crippen LogP contribution in [0.5, 0.6) is 0 Å². The Kier molecular flexibility index (Phi) is 3.75. The molecular weight excluding hydrogens is 300 g/mol. The van der Waals surface area contributed by atoms with Crippen LogP contribution in [-0.2, 0) is 19.1 Å². The zero-order valence-electron chi connectivity index (χ0n) is 13.4. The smallest absolute Gasteiger partial charge is 0.326 e. The second-order valence-electron chi connectivity index (χ2n) is 6.09. The van der Waals surface area contributed by atoms with Crippen molar-refractivity contribution in [3.63, 3.8) is 0 Å². The van der Waals surface area contributed by atoms with Crippen LogP contribution in [0.4, 0.5) is 0 Å². The summed E-state index contributed by atoms with van der Waals surface area (Å²) in [5, 5.41) is 3.21. The number of nitrogens with one attached hydrogen (secondary N) is 1. The zero-order chi connectivity index (χ0) is 16.8. The third-order valence-electron chi connectivity index (χ3n) is 4.92. The number of amides is 2. The van der Waals surface area contributed by atoms with E-state index >= 15 is 0 Å². The van der Waals surface area contributed by atoms with Crippen LogP contribution in [0.25, 0.3) is 0 Å². The average molecular weight is 320 g/mol. The van der Waals surface area contributed by atoms with E-state index in [-0.39, 0.29) is 11.8 Å². The number of carbonyl (C=O) groups is 3. The summed E-state index contributed by atoms with van der Waals surface area (Å²) in [7, 11) is 2.75. The van der Waals surface area contributed by atoms with E-state index in [9.17, 15) is 14.4 Å². The van der Waals surface area contributed by atoms with Crippen molar-refractivity contribution in [2.45, 2.75) is 31.3 Å². The number of methoxy groups -OCH3 is 1. The predicted octanol–water partition coefficient (Wildman–Crippen LogP) is 0.867. The van der Waals surface area contributed by atoms with Gasteiger partial charge in [-0.05, 0) is 18.6 Å². The van der Waals surface area contributed by atoms with E-state index in [1.54, 1.807) is 12.1 Å². The number of nitrogens with zero attached hydrogens (tertiary/aromatic N) is 1. The predicted molar refractivity (Wildman–Crippen MR) is 79.0 cm³/mol. The molecule has 4 atom stereocenters. The molecule has 2 amide bonds. The van der Waals surface area contributed by atoms with Gasteiger partial charge < -0.3 is 9.15 Å². The largest absolute Gasteiger partial charge is 0.468 e. The number of likely N-dealkylation sites (tertiary alicyclic amines) is 1. The number of hydrogen-bond donors (Lipinski definition) is 1. The van der Waals surface area contributed by atoms with E-state index in [1.165, 1.54) is 20.4 Å². The second kappa shape index (κ2) is 5.49. The second-order valence-corrected chi connectivity index (χ2v) is 6.09. The van der Waals surface area contributed by atoms with Crippen molar-refractivity contribution < 1.29 is 23.5 Å². The lowest BCUT2D eigenvalue weighted by molar-refractivity contribution is -0.154. The van der Waals surface area contributed by atoms with Gasteiger partial charge in [0.1, 0.15) is 11.3 Å². The molecule has 0 saturated carbocycles. The van der Waals surface area contributed by atoms with Crippen LogP contribution in [0.2, 0.25) is 0 Å². The van der Waals surface area contributed by atoms with Crippen LogP contribution in [0.15, 0.2) is 22.8 Å². The highest BCUT2D eigenvalue weighted by atomic mass is 16.5. The number of fused-ring (bicyclic) bond motifs is 1. The van der Waals surface area contributed by atoms with E-state index in [0.29, 0.717) is 18.6 Å². The molecule has 2 aliphatic rings. The Balaban J connectivity index is 2.13. The minimum atomic E-state index is -1.21. The lowest BCUT2D eigenvalue weighted by Gasteiger charge is -2.31. The summed E-state index contributed by atoms with van der Waals surface area (Å²) >= 11 is 0. The van der Waals surface area contributed by atoms with Gasteiger partial charge in [-0.15, -0.1) is 0 Å². The zero-order valence-corrected chi connectivity index (χ0v) is 13.4. The number of carbonyl (C=O) groups excluding carboxylic acids is 3. The molecule has 124 valence electrons. The molecular formula is C16H20N2O5. The Morgan fingerprint density at radius 1 is 1.43 bits per heavy atom. The average Bonchev–Trinajstić information content (AvgIpc) is 3.22. The van der Waals surface area contributed by atoms with Crippen molar-refractivity contribution in [3.05, 3.63) is 24.2 Å². The Bertz CT molecular complexity index is 641. The summed E-state index contributed by atoms with van der Waals surface area (Å²) in [6, 6.07) is 2.93. The molecule has 7 heteroatoms. The number of imide groups is 1. The van der Waals surface area contributed by atoms with Gasteiger partial charge >= 0.3 is 5.97 Å². The number of furan rings is 1. The van der Waals surface area contributed by atoms with Gasteiger partial charge in [-0.3, -0.25) is 24.6 Å². The summed E-state index contributed by atoms with van der Waals surface area (Å²) < 4.78 is 10.4. The van der Waals surface area contributed by atoms with Crippen molar-refractivity contribution in [1.29, 1.82) is 0 Å². The molecule has 0 unspecified atom stereocenters. The van der Waals surface area contributed by atoms with Crippen LogP contribution < -0.4 is 5.32 Å². The fraction of sp³-hybridized carbons (Fsp3) is 0.562. The van der Waals surface area contributed by atoms with E-state index in [0.717, 1.165) is 4.90 Å². The summed E-state index contributed by atoms with van der Waals surface area (Å²) in [5.41, 5.74) is -1.21. The number of hydrogen-bond acceptors (Lipinski definition) is 6. The molecule has 1 N–H and O–H groups in total. The van der Waals surface area contributed by atoms with Crippen LogP contribution in [-0.4, -0.2) is 42.4 Å². The highest BCUT2D eigenvalue weighted by molar-refractivity contribution is 6.09. The summed E-state index contributed by atoms with van der Waals surface area (Å²) in [6.07, 6.45) is 2.58. The maximum absolute atomic E-state index is 12.6. The molecule has 7 nitrogen and oxygen atoms in total. The van der Waals surface area contributed by atoms with Crippen molar-refractivity contribution in [2.75, 3.05) is 14.2 Å². The first-order valence-electron chi connectivity index (χ1n) is 7.69. The molecule has 3 rings (SSSR count). The van der Waals surface area contributed by atoms with Gasteiger partial charge in [0.2, 0.25) is 11.8 Å². The lowest BCUT2D eigenvalue weighted by Crippen LogP contribution is -2.55. The van der Waals surface area contributed by atoms with Crippen molar-refractivity contribution in [1.82, 2.24) is 10.2 Å². The summed E-state index contributed by atoms with van der Waals surface area (Å²) in [6.45, 7) is 1.92. The van der Waals surface area contributed by atoms with Crippen LogP contribution in [0, 0.1) is 11.8 Å². The van der Waals surface area contributed by atoms with Crippen LogP contribution >= 0.6 is 0 Å². The van der Waals surface area contributed by atoms with Crippen LogP contribution in [0.3, 0.4) is 0 Å². The van der Waals surface area contributed by atoms with Crippen molar-refractivity contribution in [2.24, 2.45) is 11.8 Å². The minimum Gasteiger partial charge on any atom is -0.468 e. The van der Waals surface area contributed by atoms with Crippen molar-refractivity contribution in [3.8, 4) is 0 Å². The molecule has 0 aliphatic carbocycles. The molecule has 0 aromatic carbocycles. The fourth-order valence-corrected chi connectivity index (χ4v) is 3.95. The number of esters is 1. The molecule has 2 saturated heterocycles. The quantitative estimate of drug-likeness (QED) is 0.654. The Morgan fingerprint density at radius 3 is 2.74 bits per heavy atom. The molecule has 3 heterocycles. The van der Waals surface area contributed by atoms with E-state index in [1.807, 2.05) is 6.92 Å². The van der Waals surface area contributed by atoms with Crippen LogP contribution in [0.1, 0.15) is 31.6 Å². The summed E-state index contributed by atoms with van der Waals surface area (Å²) in [4.78, 5) is 38.9. The van der Waals surface area contributed by atoms with E-state index in [4.69, 9.17) is 9.15 Å². The lowest BCUT2D eigenvalue weighted by atomic mass is 9.77. The van der Waals surface area contributed by atoms with Gasteiger partial charge in [0.15, 0.2) is 0 Å². The van der Waals surface area contributed by atoms with Gasteiger partial charge in [0.25, 0.3) is 0 Å². The Morgan fingerprint density at radius 2 is 2.17 bits per heavy atom. The van der Waals surface area contributed by atoms with Gasteiger partial charge in [0, 0.05) is 7.05 Å². The molecule has 0 spiro atoms. The molecule has 0 radical (unpaired) electrons. The molecule has 0 bridgehead atoms. The first kappa shape index (κ1) is 15.7. The molecule has 23 heavy (non-hydrogen) atoms. The Hall–Kier alpha value is -2.15. The van der Waals surface area contributed by atoms with E-state index < -0.39 is 29.4 Å². The number of rotatable bonds is 4. The molecule has 2 aliphatic heterocycles.